The molecule has 2 heterocycles. The average Bonchev–Trinajstić information content (AvgIpc) is 2.73. The Morgan fingerprint density at radius 3 is 3.11 bits per heavy atom. The Bertz CT molecular complexity index is 559. The quantitative estimate of drug-likeness (QED) is 0.878. The number of phenols is 1. The van der Waals surface area contributed by atoms with E-state index in [1.807, 2.05) is 18.2 Å². The second-order valence-corrected chi connectivity index (χ2v) is 5.14. The lowest BCUT2D eigenvalue weighted by Gasteiger charge is -2.20. The van der Waals surface area contributed by atoms with Crippen LogP contribution in [0, 0.1) is 0 Å². The number of rotatable bonds is 2. The summed E-state index contributed by atoms with van der Waals surface area (Å²) < 4.78 is 2.31. The summed E-state index contributed by atoms with van der Waals surface area (Å²) in [5, 5.41) is 9.47. The van der Waals surface area contributed by atoms with Gasteiger partial charge in [0.15, 0.2) is 0 Å². The summed E-state index contributed by atoms with van der Waals surface area (Å²) in [6.45, 7) is 2.25. The molecule has 0 saturated heterocycles. The summed E-state index contributed by atoms with van der Waals surface area (Å²) in [7, 11) is 0. The van der Waals surface area contributed by atoms with Crippen LogP contribution in [0.5, 0.6) is 5.75 Å². The molecule has 18 heavy (non-hydrogen) atoms. The Kier molecular flexibility index (Phi) is 2.82. The fourth-order valence-electron chi connectivity index (χ4n) is 2.71. The molecule has 0 aliphatic carbocycles. The standard InChI is InChI=1S/C15H18N2O/c1-11-4-2-7-15-16-13(10-17(11)15)8-12-5-3-6-14(18)9-12/h3,5-6,9-11,18H,2,4,7-8H2,1H3. The third-order valence-electron chi connectivity index (χ3n) is 3.65. The molecule has 0 spiro atoms. The maximum absolute atomic E-state index is 9.47. The predicted molar refractivity (Wildman–Crippen MR) is 70.8 cm³/mol. The molecule has 1 unspecified atom stereocenters. The van der Waals surface area contributed by atoms with E-state index in [1.54, 1.807) is 6.07 Å². The zero-order valence-corrected chi connectivity index (χ0v) is 10.6. The minimum atomic E-state index is 0.324. The van der Waals surface area contributed by atoms with E-state index in [4.69, 9.17) is 4.98 Å². The van der Waals surface area contributed by atoms with E-state index in [2.05, 4.69) is 17.7 Å². The summed E-state index contributed by atoms with van der Waals surface area (Å²) in [6.07, 6.45) is 6.54. The zero-order valence-electron chi connectivity index (χ0n) is 10.6. The molecule has 1 atom stereocenters. The molecule has 0 amide bonds. The van der Waals surface area contributed by atoms with Crippen molar-refractivity contribution in [3.05, 3.63) is 47.5 Å². The van der Waals surface area contributed by atoms with Gasteiger partial charge in [-0.05, 0) is 37.5 Å². The average molecular weight is 242 g/mol. The number of hydrogen-bond donors (Lipinski definition) is 1. The minimum absolute atomic E-state index is 0.324. The van der Waals surface area contributed by atoms with Crippen LogP contribution in [0.3, 0.4) is 0 Å². The lowest BCUT2D eigenvalue weighted by Crippen LogP contribution is -2.14. The smallest absolute Gasteiger partial charge is 0.115 e. The van der Waals surface area contributed by atoms with Crippen LogP contribution in [-0.4, -0.2) is 14.7 Å². The van der Waals surface area contributed by atoms with Crippen molar-refractivity contribution in [1.29, 1.82) is 0 Å². The second kappa shape index (κ2) is 4.48. The Morgan fingerprint density at radius 1 is 1.44 bits per heavy atom. The summed E-state index contributed by atoms with van der Waals surface area (Å²) in [5.41, 5.74) is 2.21. The van der Waals surface area contributed by atoms with Crippen molar-refractivity contribution >= 4 is 0 Å². The number of nitrogens with zero attached hydrogens (tertiary/aromatic N) is 2. The minimum Gasteiger partial charge on any atom is -0.508 e. The number of imidazole rings is 1. The molecule has 1 N–H and O–H groups in total. The van der Waals surface area contributed by atoms with Crippen LogP contribution in [0.2, 0.25) is 0 Å². The fourth-order valence-corrected chi connectivity index (χ4v) is 2.71. The van der Waals surface area contributed by atoms with Crippen molar-refractivity contribution in [2.75, 3.05) is 0 Å². The molecule has 2 aromatic rings. The van der Waals surface area contributed by atoms with Gasteiger partial charge in [-0.3, -0.25) is 0 Å². The second-order valence-electron chi connectivity index (χ2n) is 5.14. The van der Waals surface area contributed by atoms with Crippen LogP contribution in [0.1, 0.15) is 42.9 Å². The first-order chi connectivity index (χ1) is 8.72. The van der Waals surface area contributed by atoms with Gasteiger partial charge >= 0.3 is 0 Å². The van der Waals surface area contributed by atoms with Crippen molar-refractivity contribution in [3.63, 3.8) is 0 Å². The molecule has 1 aliphatic rings. The van der Waals surface area contributed by atoms with E-state index in [0.717, 1.165) is 24.1 Å². The molecule has 94 valence electrons. The van der Waals surface area contributed by atoms with E-state index in [-0.39, 0.29) is 0 Å². The van der Waals surface area contributed by atoms with Gasteiger partial charge in [0.1, 0.15) is 11.6 Å². The lowest BCUT2D eigenvalue weighted by molar-refractivity contribution is 0.425. The Hall–Kier alpha value is -1.77. The van der Waals surface area contributed by atoms with Gasteiger partial charge in [0.05, 0.1) is 5.69 Å². The van der Waals surface area contributed by atoms with Gasteiger partial charge in [0, 0.05) is 25.1 Å². The highest BCUT2D eigenvalue weighted by Gasteiger charge is 2.17. The number of aryl methyl sites for hydroxylation is 1. The topological polar surface area (TPSA) is 38.1 Å². The van der Waals surface area contributed by atoms with Gasteiger partial charge in [0.2, 0.25) is 0 Å². The highest BCUT2D eigenvalue weighted by Crippen LogP contribution is 2.25. The lowest BCUT2D eigenvalue weighted by atomic mass is 10.1. The third-order valence-corrected chi connectivity index (χ3v) is 3.65. The number of aromatic nitrogens is 2. The number of fused-ring (bicyclic) bond motifs is 1. The van der Waals surface area contributed by atoms with Crippen molar-refractivity contribution in [1.82, 2.24) is 9.55 Å². The Labute approximate surface area is 107 Å². The van der Waals surface area contributed by atoms with Crippen LogP contribution in [0.25, 0.3) is 0 Å². The number of hydrogen-bond acceptors (Lipinski definition) is 2. The van der Waals surface area contributed by atoms with Gasteiger partial charge < -0.3 is 9.67 Å². The SMILES string of the molecule is CC1CCCc2nc(Cc3cccc(O)c3)cn21. The Balaban J connectivity index is 1.85. The molecule has 0 bridgehead atoms. The van der Waals surface area contributed by atoms with E-state index < -0.39 is 0 Å². The zero-order chi connectivity index (χ0) is 12.5. The number of phenolic OH excluding ortho intramolecular Hbond substituents is 1. The van der Waals surface area contributed by atoms with Crippen LogP contribution < -0.4 is 0 Å². The molecular formula is C15H18N2O. The van der Waals surface area contributed by atoms with Crippen LogP contribution in [0.4, 0.5) is 0 Å². The summed E-state index contributed by atoms with van der Waals surface area (Å²) in [4.78, 5) is 4.71. The van der Waals surface area contributed by atoms with Crippen molar-refractivity contribution in [2.24, 2.45) is 0 Å². The Morgan fingerprint density at radius 2 is 2.33 bits per heavy atom. The molecule has 3 rings (SSSR count). The highest BCUT2D eigenvalue weighted by atomic mass is 16.3. The van der Waals surface area contributed by atoms with Gasteiger partial charge in [-0.25, -0.2) is 4.98 Å². The van der Waals surface area contributed by atoms with E-state index in [9.17, 15) is 5.11 Å². The van der Waals surface area contributed by atoms with Gasteiger partial charge in [-0.1, -0.05) is 12.1 Å². The first kappa shape index (κ1) is 11.3. The molecule has 1 aromatic heterocycles. The monoisotopic (exact) mass is 242 g/mol. The molecule has 3 nitrogen and oxygen atoms in total. The van der Waals surface area contributed by atoms with Crippen LogP contribution in [0.15, 0.2) is 30.5 Å². The first-order valence-corrected chi connectivity index (χ1v) is 6.57. The molecule has 1 aliphatic heterocycles. The largest absolute Gasteiger partial charge is 0.508 e. The molecule has 3 heteroatoms. The van der Waals surface area contributed by atoms with Crippen LogP contribution >= 0.6 is 0 Å². The number of aromatic hydroxyl groups is 1. The van der Waals surface area contributed by atoms with Gasteiger partial charge in [-0.15, -0.1) is 0 Å². The third kappa shape index (κ3) is 2.13. The molecule has 0 saturated carbocycles. The van der Waals surface area contributed by atoms with Crippen LogP contribution in [-0.2, 0) is 12.8 Å². The maximum atomic E-state index is 9.47. The first-order valence-electron chi connectivity index (χ1n) is 6.57. The fraction of sp³-hybridized carbons (Fsp3) is 0.400. The van der Waals surface area contributed by atoms with Crippen molar-refractivity contribution in [3.8, 4) is 5.75 Å². The maximum Gasteiger partial charge on any atom is 0.115 e. The van der Waals surface area contributed by atoms with E-state index >= 15 is 0 Å². The number of benzene rings is 1. The van der Waals surface area contributed by atoms with Crippen molar-refractivity contribution < 1.29 is 5.11 Å². The highest BCUT2D eigenvalue weighted by molar-refractivity contribution is 5.30. The summed E-state index contributed by atoms with van der Waals surface area (Å²) in [5.74, 6) is 1.54. The predicted octanol–water partition coefficient (Wildman–Crippen LogP) is 3.08. The van der Waals surface area contributed by atoms with E-state index in [0.29, 0.717) is 11.8 Å². The molecule has 1 aromatic carbocycles. The summed E-state index contributed by atoms with van der Waals surface area (Å²) in [6, 6.07) is 7.98. The van der Waals surface area contributed by atoms with E-state index in [1.165, 1.54) is 18.7 Å². The molecule has 0 fully saturated rings. The molecular weight excluding hydrogens is 224 g/mol. The normalized spacial score (nSPS) is 18.6. The molecule has 0 radical (unpaired) electrons. The van der Waals surface area contributed by atoms with Gasteiger partial charge in [0.25, 0.3) is 0 Å². The summed E-state index contributed by atoms with van der Waals surface area (Å²) >= 11 is 0. The van der Waals surface area contributed by atoms with Gasteiger partial charge in [-0.2, -0.15) is 0 Å². The van der Waals surface area contributed by atoms with Crippen molar-refractivity contribution in [2.45, 2.75) is 38.6 Å².